The number of carboxylic acid groups (broad SMARTS) is 1. The first-order chi connectivity index (χ1) is 9.33. The van der Waals surface area contributed by atoms with Gasteiger partial charge in [-0.15, -0.1) is 0 Å². The topological polar surface area (TPSA) is 92.7 Å². The minimum atomic E-state index is -1.37. The van der Waals surface area contributed by atoms with Crippen LogP contribution in [0.5, 0.6) is 0 Å². The average Bonchev–Trinajstić information content (AvgIpc) is 2.36. The molecule has 8 heteroatoms. The largest absolute Gasteiger partial charge is 0.480 e. The third kappa shape index (κ3) is 4.82. The molecular weight excluding hydrogens is 353 g/mol. The Morgan fingerprint density at radius 3 is 2.55 bits per heavy atom. The summed E-state index contributed by atoms with van der Waals surface area (Å²) in [7, 11) is 1.14. The second-order valence-electron chi connectivity index (χ2n) is 3.80. The average molecular weight is 365 g/mol. The Labute approximate surface area is 128 Å². The summed E-state index contributed by atoms with van der Waals surface area (Å²) >= 11 is 8.97. The van der Waals surface area contributed by atoms with E-state index in [1.807, 2.05) is 0 Å². The second-order valence-corrected chi connectivity index (χ2v) is 5.15. The van der Waals surface area contributed by atoms with Gasteiger partial charge in [0.05, 0.1) is 13.5 Å². The molecule has 0 spiro atoms. The summed E-state index contributed by atoms with van der Waals surface area (Å²) in [6.07, 6.45) is -0.459. The molecule has 0 unspecified atom stereocenters. The lowest BCUT2D eigenvalue weighted by molar-refractivity contribution is -0.147. The second kappa shape index (κ2) is 7.25. The molecular formula is C12H11BrClNO5. The van der Waals surface area contributed by atoms with Crippen molar-refractivity contribution in [2.45, 2.75) is 12.5 Å². The van der Waals surface area contributed by atoms with Crippen molar-refractivity contribution in [3.05, 3.63) is 33.3 Å². The molecule has 0 radical (unpaired) electrons. The molecule has 1 amide bonds. The molecule has 2 N–H and O–H groups in total. The van der Waals surface area contributed by atoms with Crippen molar-refractivity contribution in [3.8, 4) is 0 Å². The van der Waals surface area contributed by atoms with E-state index in [1.165, 1.54) is 12.1 Å². The van der Waals surface area contributed by atoms with E-state index >= 15 is 0 Å². The Morgan fingerprint density at radius 2 is 2.05 bits per heavy atom. The molecule has 0 bridgehead atoms. The zero-order valence-corrected chi connectivity index (χ0v) is 12.7. The summed E-state index contributed by atoms with van der Waals surface area (Å²) < 4.78 is 4.95. The quantitative estimate of drug-likeness (QED) is 0.778. The number of aliphatic carboxylic acids is 1. The third-order valence-electron chi connectivity index (χ3n) is 2.33. The number of halogens is 2. The number of hydrogen-bond donors (Lipinski definition) is 2. The van der Waals surface area contributed by atoms with Crippen LogP contribution in [0.1, 0.15) is 16.8 Å². The van der Waals surface area contributed by atoms with Gasteiger partial charge in [-0.05, 0) is 18.2 Å². The summed E-state index contributed by atoms with van der Waals surface area (Å²) in [5.41, 5.74) is 0.181. The molecule has 0 aliphatic rings. The van der Waals surface area contributed by atoms with Crippen LogP contribution in [0.15, 0.2) is 22.7 Å². The van der Waals surface area contributed by atoms with Crippen LogP contribution in [-0.2, 0) is 14.3 Å². The fourth-order valence-corrected chi connectivity index (χ4v) is 2.24. The first-order valence-electron chi connectivity index (χ1n) is 5.40. The van der Waals surface area contributed by atoms with Crippen molar-refractivity contribution in [1.82, 2.24) is 5.32 Å². The highest BCUT2D eigenvalue weighted by atomic mass is 79.9. The standard InChI is InChI=1S/C12H11BrClNO5/c1-20-10(16)5-9(12(18)19)15-11(17)6-2-7(13)4-8(14)3-6/h2-4,9H,5H2,1H3,(H,15,17)(H,18,19)/t9-/m0/s1. The molecule has 0 aromatic heterocycles. The van der Waals surface area contributed by atoms with Gasteiger partial charge in [0.1, 0.15) is 6.04 Å². The number of rotatable bonds is 5. The van der Waals surface area contributed by atoms with E-state index in [4.69, 9.17) is 16.7 Å². The number of carbonyl (C=O) groups is 3. The molecule has 0 heterocycles. The van der Waals surface area contributed by atoms with Crippen LogP contribution in [0.3, 0.4) is 0 Å². The van der Waals surface area contributed by atoms with Crippen LogP contribution in [-0.4, -0.2) is 36.1 Å². The Bertz CT molecular complexity index is 528. The molecule has 20 heavy (non-hydrogen) atoms. The van der Waals surface area contributed by atoms with Gasteiger partial charge in [0.25, 0.3) is 5.91 Å². The van der Waals surface area contributed by atoms with Crippen LogP contribution in [0, 0.1) is 0 Å². The van der Waals surface area contributed by atoms with Crippen molar-refractivity contribution < 1.29 is 24.2 Å². The van der Waals surface area contributed by atoms with Gasteiger partial charge >= 0.3 is 11.9 Å². The number of amides is 1. The molecule has 1 atom stereocenters. The third-order valence-corrected chi connectivity index (χ3v) is 3.00. The van der Waals surface area contributed by atoms with E-state index in [1.54, 1.807) is 6.07 Å². The van der Waals surface area contributed by atoms with Crippen molar-refractivity contribution >= 4 is 45.4 Å². The monoisotopic (exact) mass is 363 g/mol. The maximum absolute atomic E-state index is 11.9. The van der Waals surface area contributed by atoms with Crippen molar-refractivity contribution in [1.29, 1.82) is 0 Å². The first-order valence-corrected chi connectivity index (χ1v) is 6.57. The maximum atomic E-state index is 11.9. The zero-order valence-electron chi connectivity index (χ0n) is 10.4. The van der Waals surface area contributed by atoms with E-state index in [0.717, 1.165) is 7.11 Å². The molecule has 0 fully saturated rings. The molecule has 6 nitrogen and oxygen atoms in total. The lowest BCUT2D eigenvalue weighted by atomic mass is 10.1. The van der Waals surface area contributed by atoms with Crippen LogP contribution in [0.2, 0.25) is 5.02 Å². The fraction of sp³-hybridized carbons (Fsp3) is 0.250. The van der Waals surface area contributed by atoms with Gasteiger partial charge in [-0.3, -0.25) is 9.59 Å². The lowest BCUT2D eigenvalue weighted by Crippen LogP contribution is -2.42. The molecule has 0 aliphatic carbocycles. The van der Waals surface area contributed by atoms with Gasteiger partial charge in [-0.25, -0.2) is 4.79 Å². The van der Waals surface area contributed by atoms with Gasteiger partial charge in [-0.1, -0.05) is 27.5 Å². The van der Waals surface area contributed by atoms with E-state index in [2.05, 4.69) is 26.0 Å². The summed E-state index contributed by atoms with van der Waals surface area (Å²) in [5.74, 6) is -2.71. The molecule has 0 saturated carbocycles. The summed E-state index contributed by atoms with van der Waals surface area (Å²) in [5, 5.41) is 11.5. The number of esters is 1. The molecule has 108 valence electrons. The van der Waals surface area contributed by atoms with Crippen molar-refractivity contribution in [2.24, 2.45) is 0 Å². The first kappa shape index (κ1) is 16.5. The Kier molecular flexibility index (Phi) is 5.97. The summed E-state index contributed by atoms with van der Waals surface area (Å²) in [4.78, 5) is 34.0. The summed E-state index contributed by atoms with van der Waals surface area (Å²) in [6.45, 7) is 0. The molecule has 1 aromatic rings. The van der Waals surface area contributed by atoms with E-state index < -0.39 is 30.3 Å². The normalized spacial score (nSPS) is 11.6. The van der Waals surface area contributed by atoms with Gasteiger partial charge in [-0.2, -0.15) is 0 Å². The van der Waals surface area contributed by atoms with E-state index in [0.29, 0.717) is 9.50 Å². The van der Waals surface area contributed by atoms with Crippen molar-refractivity contribution in [3.63, 3.8) is 0 Å². The molecule has 0 saturated heterocycles. The fourth-order valence-electron chi connectivity index (χ4n) is 1.38. The highest BCUT2D eigenvalue weighted by Gasteiger charge is 2.24. The molecule has 1 rings (SSSR count). The SMILES string of the molecule is COC(=O)C[C@H](NC(=O)c1cc(Cl)cc(Br)c1)C(=O)O. The number of ether oxygens (including phenoxy) is 1. The highest BCUT2D eigenvalue weighted by Crippen LogP contribution is 2.19. The maximum Gasteiger partial charge on any atom is 0.326 e. The van der Waals surface area contributed by atoms with Crippen LogP contribution >= 0.6 is 27.5 Å². The molecule has 1 aromatic carbocycles. The van der Waals surface area contributed by atoms with Crippen molar-refractivity contribution in [2.75, 3.05) is 7.11 Å². The Hall–Kier alpha value is -1.60. The van der Waals surface area contributed by atoms with Gasteiger partial charge in [0.2, 0.25) is 0 Å². The van der Waals surface area contributed by atoms with Crippen LogP contribution < -0.4 is 5.32 Å². The lowest BCUT2D eigenvalue weighted by Gasteiger charge is -2.13. The minimum Gasteiger partial charge on any atom is -0.480 e. The van der Waals surface area contributed by atoms with Gasteiger partial charge in [0, 0.05) is 15.1 Å². The number of methoxy groups -OCH3 is 1. The molecule has 0 aliphatic heterocycles. The highest BCUT2D eigenvalue weighted by molar-refractivity contribution is 9.10. The van der Waals surface area contributed by atoms with Crippen LogP contribution in [0.4, 0.5) is 0 Å². The smallest absolute Gasteiger partial charge is 0.326 e. The van der Waals surface area contributed by atoms with Gasteiger partial charge in [0.15, 0.2) is 0 Å². The predicted octanol–water partition coefficient (Wildman–Crippen LogP) is 1.85. The number of carbonyl (C=O) groups excluding carboxylic acids is 2. The predicted molar refractivity (Wildman–Crippen MR) is 74.7 cm³/mol. The van der Waals surface area contributed by atoms with Crippen LogP contribution in [0.25, 0.3) is 0 Å². The Morgan fingerprint density at radius 1 is 1.40 bits per heavy atom. The number of carboxylic acids is 1. The zero-order chi connectivity index (χ0) is 15.3. The van der Waals surface area contributed by atoms with Gasteiger partial charge < -0.3 is 15.2 Å². The van der Waals surface area contributed by atoms with E-state index in [-0.39, 0.29) is 5.56 Å². The number of nitrogens with one attached hydrogen (secondary N) is 1. The number of hydrogen-bond acceptors (Lipinski definition) is 4. The number of benzene rings is 1. The van der Waals surface area contributed by atoms with E-state index in [9.17, 15) is 14.4 Å². The summed E-state index contributed by atoms with van der Waals surface area (Å²) in [6, 6.07) is 3.09. The Balaban J connectivity index is 2.85. The minimum absolute atomic E-state index is 0.181.